The third-order valence-corrected chi connectivity index (χ3v) is 4.99. The van der Waals surface area contributed by atoms with Gasteiger partial charge in [0, 0.05) is 11.1 Å². The average molecular weight is 362 g/mol. The molecule has 3 aromatic rings. The number of carbonyl (C=O) groups excluding carboxylic acids is 1. The summed E-state index contributed by atoms with van der Waals surface area (Å²) in [5, 5.41) is 0. The molecular weight excluding hydrogens is 347 g/mol. The van der Waals surface area contributed by atoms with E-state index in [4.69, 9.17) is 4.42 Å². The summed E-state index contributed by atoms with van der Waals surface area (Å²) in [5.41, 5.74) is 1.39. The molecule has 0 fully saturated rings. The number of fused-ring (bicyclic) bond motifs is 1. The normalized spacial score (nSPS) is 11.6. The predicted octanol–water partition coefficient (Wildman–Crippen LogP) is 3.35. The summed E-state index contributed by atoms with van der Waals surface area (Å²) < 4.78 is 44.9. The van der Waals surface area contributed by atoms with E-state index in [1.165, 1.54) is 18.5 Å². The number of anilines is 1. The Balaban J connectivity index is 1.94. The summed E-state index contributed by atoms with van der Waals surface area (Å²) in [6.07, 6.45) is 1.69. The van der Waals surface area contributed by atoms with Crippen molar-refractivity contribution in [3.63, 3.8) is 0 Å². The molecule has 0 amide bonds. The predicted molar refractivity (Wildman–Crippen MR) is 91.5 cm³/mol. The first-order valence-electron chi connectivity index (χ1n) is 7.57. The van der Waals surface area contributed by atoms with Gasteiger partial charge in [-0.05, 0) is 42.8 Å². The number of hydrogen-bond acceptors (Lipinski definition) is 5. The monoisotopic (exact) mass is 362 g/mol. The van der Waals surface area contributed by atoms with Crippen molar-refractivity contribution in [2.24, 2.45) is 0 Å². The quantitative estimate of drug-likeness (QED) is 0.679. The van der Waals surface area contributed by atoms with E-state index in [2.05, 4.69) is 9.71 Å². The highest BCUT2D eigenvalue weighted by atomic mass is 32.2. The zero-order valence-electron chi connectivity index (χ0n) is 13.3. The van der Waals surface area contributed by atoms with E-state index in [0.717, 1.165) is 12.1 Å². The highest BCUT2D eigenvalue weighted by Crippen LogP contribution is 2.21. The maximum atomic E-state index is 13.9. The second kappa shape index (κ2) is 6.64. The topological polar surface area (TPSA) is 89.3 Å². The molecule has 0 aliphatic carbocycles. The van der Waals surface area contributed by atoms with E-state index in [0.29, 0.717) is 23.1 Å². The molecular formula is C17H15FN2O4S. The number of nitrogens with one attached hydrogen (secondary N) is 1. The molecule has 0 atom stereocenters. The molecule has 0 saturated carbocycles. The maximum absolute atomic E-state index is 13.9. The van der Waals surface area contributed by atoms with E-state index < -0.39 is 21.6 Å². The average Bonchev–Trinajstić information content (AvgIpc) is 3.00. The van der Waals surface area contributed by atoms with Crippen LogP contribution in [0.3, 0.4) is 0 Å². The molecule has 0 aliphatic rings. The molecule has 6 nitrogen and oxygen atoms in total. The van der Waals surface area contributed by atoms with E-state index >= 15 is 0 Å². The number of halogens is 1. The molecule has 0 bridgehead atoms. The van der Waals surface area contributed by atoms with Gasteiger partial charge in [-0.2, -0.15) is 0 Å². The highest BCUT2D eigenvalue weighted by Gasteiger charge is 2.15. The minimum absolute atomic E-state index is 0.0133. The van der Waals surface area contributed by atoms with Crippen LogP contribution in [-0.4, -0.2) is 24.9 Å². The van der Waals surface area contributed by atoms with Gasteiger partial charge in [0.15, 0.2) is 17.8 Å². The van der Waals surface area contributed by atoms with Crippen molar-refractivity contribution < 1.29 is 22.0 Å². The summed E-state index contributed by atoms with van der Waals surface area (Å²) in [6, 6.07) is 8.08. The SMILES string of the molecule is CCCS(=O)(=O)Nc1cc(F)cc(C(=O)c2ccc3ocnc3c2)c1. The molecule has 1 aromatic heterocycles. The minimum Gasteiger partial charge on any atom is -0.443 e. The number of sulfonamides is 1. The van der Waals surface area contributed by atoms with Crippen LogP contribution in [0.5, 0.6) is 0 Å². The Morgan fingerprint density at radius 2 is 2.00 bits per heavy atom. The Hall–Kier alpha value is -2.74. The van der Waals surface area contributed by atoms with E-state index in [9.17, 15) is 17.6 Å². The van der Waals surface area contributed by atoms with Crippen LogP contribution in [0.1, 0.15) is 29.3 Å². The minimum atomic E-state index is -3.58. The Morgan fingerprint density at radius 1 is 1.20 bits per heavy atom. The van der Waals surface area contributed by atoms with Crippen LogP contribution in [0, 0.1) is 5.82 Å². The number of ketones is 1. The fourth-order valence-electron chi connectivity index (χ4n) is 2.44. The molecule has 0 aliphatic heterocycles. The fourth-order valence-corrected chi connectivity index (χ4v) is 3.56. The number of rotatable bonds is 6. The van der Waals surface area contributed by atoms with Gasteiger partial charge in [-0.15, -0.1) is 0 Å². The standard InChI is InChI=1S/C17H15FN2O4S/c1-2-5-25(22,23)20-14-7-12(6-13(18)9-14)17(21)11-3-4-16-15(8-11)19-10-24-16/h3-4,6-10,20H,2,5H2,1H3. The summed E-state index contributed by atoms with van der Waals surface area (Å²) in [6.45, 7) is 1.72. The molecule has 130 valence electrons. The van der Waals surface area contributed by atoms with Gasteiger partial charge < -0.3 is 4.42 Å². The molecule has 8 heteroatoms. The number of hydrogen-bond donors (Lipinski definition) is 1. The van der Waals surface area contributed by atoms with Crippen LogP contribution in [-0.2, 0) is 10.0 Å². The van der Waals surface area contributed by atoms with Gasteiger partial charge in [-0.3, -0.25) is 9.52 Å². The molecule has 25 heavy (non-hydrogen) atoms. The van der Waals surface area contributed by atoms with Gasteiger partial charge >= 0.3 is 0 Å². The molecule has 0 unspecified atom stereocenters. The van der Waals surface area contributed by atoms with Crippen molar-refractivity contribution in [2.45, 2.75) is 13.3 Å². The Kier molecular flexibility index (Phi) is 4.54. The second-order valence-corrected chi connectivity index (χ2v) is 7.36. The summed E-state index contributed by atoms with van der Waals surface area (Å²) >= 11 is 0. The van der Waals surface area contributed by atoms with Gasteiger partial charge in [0.2, 0.25) is 10.0 Å². The first-order valence-corrected chi connectivity index (χ1v) is 9.22. The second-order valence-electron chi connectivity index (χ2n) is 5.51. The van der Waals surface area contributed by atoms with Crippen LogP contribution in [0.15, 0.2) is 47.2 Å². The van der Waals surface area contributed by atoms with Crippen LogP contribution in [0.4, 0.5) is 10.1 Å². The third kappa shape index (κ3) is 3.85. The molecule has 2 aromatic carbocycles. The van der Waals surface area contributed by atoms with Crippen molar-refractivity contribution in [2.75, 3.05) is 10.5 Å². The first kappa shape index (κ1) is 17.1. The lowest BCUT2D eigenvalue weighted by Gasteiger charge is -2.09. The Bertz CT molecular complexity index is 1040. The number of nitrogens with zero attached hydrogens (tertiary/aromatic N) is 1. The summed E-state index contributed by atoms with van der Waals surface area (Å²) in [7, 11) is -3.58. The van der Waals surface area contributed by atoms with Crippen LogP contribution >= 0.6 is 0 Å². The van der Waals surface area contributed by atoms with Gasteiger partial charge in [0.25, 0.3) is 0 Å². The van der Waals surface area contributed by atoms with Gasteiger partial charge in [-0.25, -0.2) is 17.8 Å². The first-order chi connectivity index (χ1) is 11.9. The van der Waals surface area contributed by atoms with Gasteiger partial charge in [-0.1, -0.05) is 6.92 Å². The van der Waals surface area contributed by atoms with Crippen molar-refractivity contribution in [1.82, 2.24) is 4.98 Å². The van der Waals surface area contributed by atoms with Crippen molar-refractivity contribution >= 4 is 32.6 Å². The number of carbonyl (C=O) groups is 1. The van der Waals surface area contributed by atoms with Gasteiger partial charge in [0.05, 0.1) is 11.4 Å². The Labute approximate surface area is 143 Å². The van der Waals surface area contributed by atoms with E-state index in [1.54, 1.807) is 19.1 Å². The summed E-state index contributed by atoms with van der Waals surface area (Å²) in [5.74, 6) is -1.24. The Morgan fingerprint density at radius 3 is 2.76 bits per heavy atom. The van der Waals surface area contributed by atoms with Gasteiger partial charge in [0.1, 0.15) is 11.3 Å². The van der Waals surface area contributed by atoms with Crippen LogP contribution in [0.25, 0.3) is 11.1 Å². The number of aromatic nitrogens is 1. The lowest BCUT2D eigenvalue weighted by atomic mass is 10.0. The lowest BCUT2D eigenvalue weighted by molar-refractivity contribution is 0.103. The largest absolute Gasteiger partial charge is 0.443 e. The molecule has 0 spiro atoms. The van der Waals surface area contributed by atoms with Crippen LogP contribution in [0.2, 0.25) is 0 Å². The van der Waals surface area contributed by atoms with E-state index in [1.807, 2.05) is 0 Å². The smallest absolute Gasteiger partial charge is 0.232 e. The van der Waals surface area contributed by atoms with E-state index in [-0.39, 0.29) is 17.0 Å². The zero-order chi connectivity index (χ0) is 18.0. The highest BCUT2D eigenvalue weighted by molar-refractivity contribution is 7.92. The maximum Gasteiger partial charge on any atom is 0.232 e. The van der Waals surface area contributed by atoms with Crippen molar-refractivity contribution in [3.8, 4) is 0 Å². The van der Waals surface area contributed by atoms with Crippen molar-refractivity contribution in [3.05, 3.63) is 59.7 Å². The molecule has 0 radical (unpaired) electrons. The fraction of sp³-hybridized carbons (Fsp3) is 0.176. The molecule has 1 heterocycles. The third-order valence-electron chi connectivity index (χ3n) is 3.50. The lowest BCUT2D eigenvalue weighted by Crippen LogP contribution is -2.16. The van der Waals surface area contributed by atoms with Crippen LogP contribution < -0.4 is 4.72 Å². The zero-order valence-corrected chi connectivity index (χ0v) is 14.1. The summed E-state index contributed by atoms with van der Waals surface area (Å²) in [4.78, 5) is 16.6. The molecule has 1 N–H and O–H groups in total. The van der Waals surface area contributed by atoms with Crippen molar-refractivity contribution in [1.29, 1.82) is 0 Å². The number of benzene rings is 2. The molecule has 3 rings (SSSR count). The number of oxazole rings is 1. The molecule has 0 saturated heterocycles.